The SMILES string of the molecule is C=CCNc1ccc(NC(=O)c2c(F)cccc2Cl)cc1. The highest BCUT2D eigenvalue weighted by Gasteiger charge is 2.15. The summed E-state index contributed by atoms with van der Waals surface area (Å²) in [6.07, 6.45) is 1.75. The van der Waals surface area contributed by atoms with Crippen LogP contribution in [0.3, 0.4) is 0 Å². The molecule has 2 aromatic carbocycles. The van der Waals surface area contributed by atoms with Gasteiger partial charge < -0.3 is 10.6 Å². The number of halogens is 2. The van der Waals surface area contributed by atoms with Crippen molar-refractivity contribution in [3.05, 3.63) is 71.5 Å². The standard InChI is InChI=1S/C16H14ClFN2O/c1-2-10-19-11-6-8-12(9-7-11)20-16(21)15-13(17)4-3-5-14(15)18/h2-9,19H,1,10H2,(H,20,21). The molecule has 5 heteroatoms. The van der Waals surface area contributed by atoms with Crippen molar-refractivity contribution >= 4 is 28.9 Å². The lowest BCUT2D eigenvalue weighted by molar-refractivity contribution is 0.102. The van der Waals surface area contributed by atoms with Crippen LogP contribution in [0.2, 0.25) is 5.02 Å². The third-order valence-corrected chi connectivity index (χ3v) is 3.10. The maximum Gasteiger partial charge on any atom is 0.260 e. The quantitative estimate of drug-likeness (QED) is 0.807. The largest absolute Gasteiger partial charge is 0.382 e. The smallest absolute Gasteiger partial charge is 0.260 e. The van der Waals surface area contributed by atoms with Gasteiger partial charge in [0.15, 0.2) is 0 Å². The van der Waals surface area contributed by atoms with Crippen LogP contribution in [0.4, 0.5) is 15.8 Å². The van der Waals surface area contributed by atoms with Gasteiger partial charge in [-0.1, -0.05) is 23.7 Å². The summed E-state index contributed by atoms with van der Waals surface area (Å²) >= 11 is 5.85. The van der Waals surface area contributed by atoms with Gasteiger partial charge in [0.05, 0.1) is 10.6 Å². The molecule has 0 saturated carbocycles. The van der Waals surface area contributed by atoms with Crippen LogP contribution in [0.25, 0.3) is 0 Å². The van der Waals surface area contributed by atoms with Crippen LogP contribution in [0, 0.1) is 5.82 Å². The molecule has 3 nitrogen and oxygen atoms in total. The number of rotatable bonds is 5. The predicted octanol–water partition coefficient (Wildman–Crippen LogP) is 4.33. The molecule has 21 heavy (non-hydrogen) atoms. The van der Waals surface area contributed by atoms with Gasteiger partial charge in [-0.15, -0.1) is 6.58 Å². The van der Waals surface area contributed by atoms with Gasteiger partial charge in [0.2, 0.25) is 0 Å². The first kappa shape index (κ1) is 15.1. The Morgan fingerprint density at radius 2 is 1.86 bits per heavy atom. The Labute approximate surface area is 127 Å². The summed E-state index contributed by atoms with van der Waals surface area (Å²) in [7, 11) is 0. The van der Waals surface area contributed by atoms with E-state index >= 15 is 0 Å². The molecule has 0 spiro atoms. The van der Waals surface area contributed by atoms with Gasteiger partial charge in [0.25, 0.3) is 5.91 Å². The topological polar surface area (TPSA) is 41.1 Å². The minimum absolute atomic E-state index is 0.0803. The Morgan fingerprint density at radius 3 is 2.48 bits per heavy atom. The lowest BCUT2D eigenvalue weighted by atomic mass is 10.2. The van der Waals surface area contributed by atoms with E-state index < -0.39 is 11.7 Å². The first-order valence-corrected chi connectivity index (χ1v) is 6.70. The molecule has 0 saturated heterocycles. The number of nitrogens with one attached hydrogen (secondary N) is 2. The lowest BCUT2D eigenvalue weighted by Gasteiger charge is -2.09. The van der Waals surface area contributed by atoms with Crippen LogP contribution >= 0.6 is 11.6 Å². The normalized spacial score (nSPS) is 10.0. The number of amides is 1. The molecule has 0 unspecified atom stereocenters. The maximum atomic E-state index is 13.6. The highest BCUT2D eigenvalue weighted by Crippen LogP contribution is 2.21. The van der Waals surface area contributed by atoms with E-state index in [0.717, 1.165) is 5.69 Å². The molecular weight excluding hydrogens is 291 g/mol. The van der Waals surface area contributed by atoms with Crippen molar-refractivity contribution in [3.8, 4) is 0 Å². The Morgan fingerprint density at radius 1 is 1.19 bits per heavy atom. The van der Waals surface area contributed by atoms with Crippen molar-refractivity contribution in [1.29, 1.82) is 0 Å². The van der Waals surface area contributed by atoms with Gasteiger partial charge in [0.1, 0.15) is 5.82 Å². The summed E-state index contributed by atoms with van der Waals surface area (Å²) in [5.74, 6) is -1.23. The molecule has 0 radical (unpaired) electrons. The molecule has 0 heterocycles. The second-order valence-electron chi connectivity index (χ2n) is 4.30. The van der Waals surface area contributed by atoms with E-state index in [1.54, 1.807) is 18.2 Å². The van der Waals surface area contributed by atoms with Gasteiger partial charge >= 0.3 is 0 Å². The third kappa shape index (κ3) is 3.83. The number of hydrogen-bond acceptors (Lipinski definition) is 2. The van der Waals surface area contributed by atoms with Crippen LogP contribution in [-0.4, -0.2) is 12.5 Å². The van der Waals surface area contributed by atoms with Crippen molar-refractivity contribution in [2.45, 2.75) is 0 Å². The summed E-state index contributed by atoms with van der Waals surface area (Å²) < 4.78 is 13.6. The van der Waals surface area contributed by atoms with E-state index in [-0.39, 0.29) is 10.6 Å². The van der Waals surface area contributed by atoms with E-state index in [9.17, 15) is 9.18 Å². The lowest BCUT2D eigenvalue weighted by Crippen LogP contribution is -2.14. The van der Waals surface area contributed by atoms with E-state index in [2.05, 4.69) is 17.2 Å². The van der Waals surface area contributed by atoms with E-state index in [1.165, 1.54) is 18.2 Å². The first-order chi connectivity index (χ1) is 10.1. The molecule has 0 atom stereocenters. The van der Waals surface area contributed by atoms with Crippen LogP contribution in [0.5, 0.6) is 0 Å². The molecule has 0 aromatic heterocycles. The van der Waals surface area contributed by atoms with Crippen molar-refractivity contribution < 1.29 is 9.18 Å². The fraction of sp³-hybridized carbons (Fsp3) is 0.0625. The number of carbonyl (C=O) groups is 1. The fourth-order valence-corrected chi connectivity index (χ4v) is 2.02. The number of carbonyl (C=O) groups excluding carboxylic acids is 1. The minimum Gasteiger partial charge on any atom is -0.382 e. The van der Waals surface area contributed by atoms with E-state index in [1.807, 2.05) is 12.1 Å². The zero-order valence-corrected chi connectivity index (χ0v) is 12.0. The van der Waals surface area contributed by atoms with Crippen molar-refractivity contribution in [2.24, 2.45) is 0 Å². The molecule has 2 N–H and O–H groups in total. The molecule has 2 aromatic rings. The molecule has 1 amide bonds. The second kappa shape index (κ2) is 6.90. The summed E-state index contributed by atoms with van der Waals surface area (Å²) in [6, 6.07) is 11.2. The minimum atomic E-state index is -0.649. The summed E-state index contributed by atoms with van der Waals surface area (Å²) in [5, 5.41) is 5.81. The summed E-state index contributed by atoms with van der Waals surface area (Å²) in [4.78, 5) is 12.0. The number of benzene rings is 2. The Kier molecular flexibility index (Phi) is 4.95. The molecule has 108 valence electrons. The average Bonchev–Trinajstić information content (AvgIpc) is 2.46. The molecule has 0 aliphatic carbocycles. The van der Waals surface area contributed by atoms with Gasteiger partial charge in [-0.05, 0) is 36.4 Å². The predicted molar refractivity (Wildman–Crippen MR) is 84.5 cm³/mol. The zero-order chi connectivity index (χ0) is 15.2. The first-order valence-electron chi connectivity index (χ1n) is 6.32. The molecule has 0 fully saturated rings. The Bertz CT molecular complexity index is 636. The summed E-state index contributed by atoms with van der Waals surface area (Å²) in [5.41, 5.74) is 1.30. The van der Waals surface area contributed by atoms with Gasteiger partial charge in [-0.25, -0.2) is 4.39 Å². The monoisotopic (exact) mass is 304 g/mol. The van der Waals surface area contributed by atoms with Gasteiger partial charge in [-0.2, -0.15) is 0 Å². The van der Waals surface area contributed by atoms with Gasteiger partial charge in [-0.3, -0.25) is 4.79 Å². The van der Waals surface area contributed by atoms with Crippen LogP contribution < -0.4 is 10.6 Å². The average molecular weight is 305 g/mol. The molecule has 0 bridgehead atoms. The number of anilines is 2. The third-order valence-electron chi connectivity index (χ3n) is 2.78. The number of hydrogen-bond donors (Lipinski definition) is 2. The van der Waals surface area contributed by atoms with E-state index in [0.29, 0.717) is 12.2 Å². The molecule has 2 rings (SSSR count). The zero-order valence-electron chi connectivity index (χ0n) is 11.2. The van der Waals surface area contributed by atoms with Crippen LogP contribution in [0.15, 0.2) is 55.1 Å². The maximum absolute atomic E-state index is 13.6. The molecular formula is C16H14ClFN2O. The van der Waals surface area contributed by atoms with E-state index in [4.69, 9.17) is 11.6 Å². The van der Waals surface area contributed by atoms with Crippen LogP contribution in [-0.2, 0) is 0 Å². The summed E-state index contributed by atoms with van der Waals surface area (Å²) in [6.45, 7) is 4.26. The highest BCUT2D eigenvalue weighted by molar-refractivity contribution is 6.34. The van der Waals surface area contributed by atoms with Crippen molar-refractivity contribution in [1.82, 2.24) is 0 Å². The Hall–Kier alpha value is -2.33. The fourth-order valence-electron chi connectivity index (χ4n) is 1.77. The van der Waals surface area contributed by atoms with Gasteiger partial charge in [0, 0.05) is 17.9 Å². The molecule has 0 aliphatic heterocycles. The van der Waals surface area contributed by atoms with Crippen LogP contribution in [0.1, 0.15) is 10.4 Å². The van der Waals surface area contributed by atoms with Crippen molar-refractivity contribution in [2.75, 3.05) is 17.2 Å². The second-order valence-corrected chi connectivity index (χ2v) is 4.70. The highest BCUT2D eigenvalue weighted by atomic mass is 35.5. The Balaban J connectivity index is 2.11. The molecule has 0 aliphatic rings. The van der Waals surface area contributed by atoms with Crippen molar-refractivity contribution in [3.63, 3.8) is 0 Å².